The van der Waals surface area contributed by atoms with Crippen LogP contribution in [0.5, 0.6) is 0 Å². The van der Waals surface area contributed by atoms with E-state index in [1.165, 1.54) is 36.4 Å². The maximum Gasteiger partial charge on any atom is 0.414 e. The third-order valence-electron chi connectivity index (χ3n) is 5.29. The van der Waals surface area contributed by atoms with Crippen LogP contribution < -0.4 is 10.2 Å². The molecule has 0 saturated carbocycles. The second kappa shape index (κ2) is 10.7. The van der Waals surface area contributed by atoms with Crippen LogP contribution in [0.4, 0.5) is 20.6 Å². The number of imidazole rings is 1. The summed E-state index contributed by atoms with van der Waals surface area (Å²) in [6, 6.07) is 4.15. The lowest BCUT2D eigenvalue weighted by atomic mass is 10.1. The number of aromatic nitrogens is 4. The number of halogens is 1. The van der Waals surface area contributed by atoms with Gasteiger partial charge in [-0.25, -0.2) is 24.1 Å². The maximum atomic E-state index is 14.8. The maximum absolute atomic E-state index is 14.8. The quantitative estimate of drug-likeness (QED) is 0.370. The molecule has 1 aromatic carbocycles. The van der Waals surface area contributed by atoms with Crippen molar-refractivity contribution in [2.24, 2.45) is 0 Å². The van der Waals surface area contributed by atoms with Crippen molar-refractivity contribution in [2.45, 2.75) is 33.8 Å². The van der Waals surface area contributed by atoms with Crippen LogP contribution in [0.3, 0.4) is 0 Å². The second-order valence-electron chi connectivity index (χ2n) is 8.52. The Morgan fingerprint density at radius 1 is 1.22 bits per heavy atom. The molecule has 194 valence electrons. The van der Waals surface area contributed by atoms with Gasteiger partial charge in [0.25, 0.3) is 5.91 Å². The Kier molecular flexibility index (Phi) is 7.48. The highest BCUT2D eigenvalue weighted by molar-refractivity contribution is 6.03. The minimum Gasteiger partial charge on any atom is -0.446 e. The van der Waals surface area contributed by atoms with Crippen LogP contribution in [0.15, 0.2) is 41.2 Å². The van der Waals surface area contributed by atoms with Crippen LogP contribution in [0.1, 0.15) is 36.0 Å². The minimum absolute atomic E-state index is 0.0851. The first-order valence-corrected chi connectivity index (χ1v) is 11.5. The summed E-state index contributed by atoms with van der Waals surface area (Å²) in [4.78, 5) is 39.4. The van der Waals surface area contributed by atoms with E-state index in [9.17, 15) is 14.0 Å². The molecule has 11 nitrogen and oxygen atoms in total. The Balaban J connectivity index is 1.63. The minimum atomic E-state index is -0.541. The van der Waals surface area contributed by atoms with Crippen LogP contribution >= 0.6 is 0 Å². The molecule has 4 aromatic rings. The van der Waals surface area contributed by atoms with E-state index in [1.54, 1.807) is 44.5 Å². The molecule has 0 atom stereocenters. The molecule has 3 aromatic heterocycles. The number of carbonyl (C=O) groups is 2. The zero-order chi connectivity index (χ0) is 26.7. The fourth-order valence-corrected chi connectivity index (χ4v) is 3.65. The normalized spacial score (nSPS) is 11.2. The highest BCUT2D eigenvalue weighted by atomic mass is 19.1. The van der Waals surface area contributed by atoms with Crippen molar-refractivity contribution in [2.75, 3.05) is 30.5 Å². The van der Waals surface area contributed by atoms with Gasteiger partial charge >= 0.3 is 6.09 Å². The number of nitrogens with zero attached hydrogens (tertiary/aromatic N) is 5. The van der Waals surface area contributed by atoms with Crippen LogP contribution in [0.25, 0.3) is 17.0 Å². The summed E-state index contributed by atoms with van der Waals surface area (Å²) in [5, 5.41) is 2.70. The van der Waals surface area contributed by atoms with Gasteiger partial charge in [-0.15, -0.1) is 0 Å². The summed E-state index contributed by atoms with van der Waals surface area (Å²) in [5.74, 6) is -0.277. The molecule has 37 heavy (non-hydrogen) atoms. The third kappa shape index (κ3) is 5.75. The molecule has 0 aliphatic carbocycles. The van der Waals surface area contributed by atoms with Crippen molar-refractivity contribution in [3.63, 3.8) is 0 Å². The molecule has 0 fully saturated rings. The molecule has 0 bridgehead atoms. The number of amides is 2. The lowest BCUT2D eigenvalue weighted by molar-refractivity contribution is 0.0994. The molecule has 0 aliphatic rings. The summed E-state index contributed by atoms with van der Waals surface area (Å²) < 4.78 is 32.2. The molecule has 0 saturated heterocycles. The van der Waals surface area contributed by atoms with Crippen LogP contribution in [0, 0.1) is 19.7 Å². The zero-order valence-electron chi connectivity index (χ0n) is 21.1. The molecule has 4 rings (SSSR count). The number of hydrogen-bond acceptors (Lipinski definition) is 8. The van der Waals surface area contributed by atoms with E-state index in [0.717, 1.165) is 0 Å². The van der Waals surface area contributed by atoms with Crippen LogP contribution in [-0.4, -0.2) is 57.7 Å². The van der Waals surface area contributed by atoms with Crippen LogP contribution in [-0.2, 0) is 9.47 Å². The average molecular weight is 511 g/mol. The van der Waals surface area contributed by atoms with Gasteiger partial charge in [-0.05, 0) is 39.0 Å². The van der Waals surface area contributed by atoms with Gasteiger partial charge in [-0.1, -0.05) is 0 Å². The first-order chi connectivity index (χ1) is 17.7. The molecular weight excluding hydrogens is 483 g/mol. The summed E-state index contributed by atoms with van der Waals surface area (Å²) in [6.45, 7) is 7.36. The Morgan fingerprint density at radius 2 is 2.00 bits per heavy atom. The molecule has 12 heteroatoms. The number of anilines is 2. The van der Waals surface area contributed by atoms with E-state index in [1.807, 2.05) is 0 Å². The number of rotatable bonds is 8. The van der Waals surface area contributed by atoms with Gasteiger partial charge in [0, 0.05) is 37.7 Å². The molecule has 1 N–H and O–H groups in total. The lowest BCUT2D eigenvalue weighted by Crippen LogP contribution is -2.36. The van der Waals surface area contributed by atoms with Gasteiger partial charge in [0.1, 0.15) is 5.82 Å². The number of benzene rings is 1. The third-order valence-corrected chi connectivity index (χ3v) is 5.29. The molecular formula is C25H27FN6O5. The van der Waals surface area contributed by atoms with E-state index >= 15 is 0 Å². The predicted molar refractivity (Wildman–Crippen MR) is 133 cm³/mol. The van der Waals surface area contributed by atoms with E-state index in [4.69, 9.17) is 13.9 Å². The van der Waals surface area contributed by atoms with Gasteiger partial charge in [0.05, 0.1) is 42.5 Å². The van der Waals surface area contributed by atoms with Gasteiger partial charge in [0.2, 0.25) is 11.5 Å². The lowest BCUT2D eigenvalue weighted by Gasteiger charge is -2.22. The largest absolute Gasteiger partial charge is 0.446 e. The number of methoxy groups -OCH3 is 1. The molecule has 2 amide bonds. The smallest absolute Gasteiger partial charge is 0.414 e. The number of carbonyl (C=O) groups excluding carboxylic acids is 2. The molecule has 0 radical (unpaired) electrons. The topological polar surface area (TPSA) is 124 Å². The number of ether oxygens (including phenoxy) is 2. The highest BCUT2D eigenvalue weighted by Gasteiger charge is 2.21. The van der Waals surface area contributed by atoms with E-state index in [2.05, 4.69) is 20.3 Å². The number of hydrogen-bond donors (Lipinski definition) is 1. The molecule has 0 unspecified atom stereocenters. The Bertz CT molecular complexity index is 1450. The number of oxazole rings is 1. The van der Waals surface area contributed by atoms with E-state index < -0.39 is 17.8 Å². The van der Waals surface area contributed by atoms with Gasteiger partial charge in [-0.3, -0.25) is 14.1 Å². The first kappa shape index (κ1) is 25.8. The monoisotopic (exact) mass is 510 g/mol. The molecule has 3 heterocycles. The number of nitrogens with one attached hydrogen (secondary N) is 1. The van der Waals surface area contributed by atoms with Gasteiger partial charge in [0.15, 0.2) is 5.89 Å². The zero-order valence-corrected chi connectivity index (χ0v) is 21.1. The van der Waals surface area contributed by atoms with Crippen molar-refractivity contribution in [1.82, 2.24) is 19.4 Å². The van der Waals surface area contributed by atoms with Crippen LogP contribution in [0.2, 0.25) is 0 Å². The van der Waals surface area contributed by atoms with Crippen molar-refractivity contribution in [3.8, 4) is 11.3 Å². The Hall–Kier alpha value is -4.32. The van der Waals surface area contributed by atoms with Gasteiger partial charge in [-0.2, -0.15) is 0 Å². The number of fused-ring (bicyclic) bond motifs is 1. The van der Waals surface area contributed by atoms with E-state index in [-0.39, 0.29) is 36.3 Å². The SMILES string of the molecule is COCCN(C(=O)OC(C)C)c1cnc2nc(-c3cc(NC(=O)c4oc(C)nc4C)ccc3F)cn2c1. The summed E-state index contributed by atoms with van der Waals surface area (Å²) in [7, 11) is 1.54. The van der Waals surface area contributed by atoms with Crippen molar-refractivity contribution < 1.29 is 27.9 Å². The molecule has 0 aliphatic heterocycles. The number of aryl methyl sites for hydroxylation is 2. The van der Waals surface area contributed by atoms with Gasteiger partial charge < -0.3 is 19.2 Å². The van der Waals surface area contributed by atoms with Crippen molar-refractivity contribution in [1.29, 1.82) is 0 Å². The summed E-state index contributed by atoms with van der Waals surface area (Å²) in [6.07, 6.45) is 3.87. The first-order valence-electron chi connectivity index (χ1n) is 11.5. The summed E-state index contributed by atoms with van der Waals surface area (Å²) in [5.41, 5.74) is 1.71. The summed E-state index contributed by atoms with van der Waals surface area (Å²) >= 11 is 0. The highest BCUT2D eigenvalue weighted by Crippen LogP contribution is 2.27. The fourth-order valence-electron chi connectivity index (χ4n) is 3.65. The second-order valence-corrected chi connectivity index (χ2v) is 8.52. The predicted octanol–water partition coefficient (Wildman–Crippen LogP) is 4.39. The fraction of sp³-hybridized carbons (Fsp3) is 0.320. The molecule has 0 spiro atoms. The Labute approximate surface area is 212 Å². The Morgan fingerprint density at radius 3 is 2.68 bits per heavy atom. The standard InChI is InChI=1S/C25H27FN6O5/c1-14(2)36-25(34)32(8-9-35-5)18-11-27-24-30-21(13-31(24)12-18)19-10-17(6-7-20(19)26)29-23(33)22-15(3)28-16(4)37-22/h6-7,10-14H,8-9H2,1-5H3,(H,29,33). The van der Waals surface area contributed by atoms with E-state index in [0.29, 0.717) is 28.7 Å². The van der Waals surface area contributed by atoms with Crippen molar-refractivity contribution in [3.05, 3.63) is 60.0 Å². The van der Waals surface area contributed by atoms with Crippen molar-refractivity contribution >= 4 is 29.2 Å². The average Bonchev–Trinajstić information content (AvgIpc) is 3.41.